The van der Waals surface area contributed by atoms with Crippen LogP contribution >= 0.6 is 23.2 Å². The molecule has 5 nitrogen and oxygen atoms in total. The highest BCUT2D eigenvalue weighted by Crippen LogP contribution is 2.30. The Balaban J connectivity index is 1.71. The van der Waals surface area contributed by atoms with E-state index in [0.717, 1.165) is 21.0 Å². The van der Waals surface area contributed by atoms with Crippen molar-refractivity contribution in [2.24, 2.45) is 0 Å². The third-order valence-electron chi connectivity index (χ3n) is 5.60. The first-order valence-electron chi connectivity index (χ1n) is 11.2. The maximum Gasteiger partial charge on any atom is 0.264 e. The van der Waals surface area contributed by atoms with E-state index in [1.54, 1.807) is 12.1 Å². The summed E-state index contributed by atoms with van der Waals surface area (Å²) in [6, 6.07) is 29.4. The second kappa shape index (κ2) is 11.2. The fourth-order valence-electron chi connectivity index (χ4n) is 3.82. The van der Waals surface area contributed by atoms with E-state index in [2.05, 4.69) is 5.32 Å². The van der Waals surface area contributed by atoms with Crippen LogP contribution in [0.15, 0.2) is 108 Å². The molecule has 1 N–H and O–H groups in total. The fourth-order valence-corrected chi connectivity index (χ4v) is 5.74. The predicted octanol–water partition coefficient (Wildman–Crippen LogP) is 6.40. The molecule has 0 bridgehead atoms. The molecule has 4 rings (SSSR count). The number of aryl methyl sites for hydroxylation is 1. The first-order valence-corrected chi connectivity index (χ1v) is 13.4. The lowest BCUT2D eigenvalue weighted by molar-refractivity contribution is -0.120. The summed E-state index contributed by atoms with van der Waals surface area (Å²) in [7, 11) is -4.11. The minimum atomic E-state index is -4.11. The highest BCUT2D eigenvalue weighted by atomic mass is 35.5. The van der Waals surface area contributed by atoms with Gasteiger partial charge in [0.05, 0.1) is 16.6 Å². The van der Waals surface area contributed by atoms with Crippen LogP contribution in [0.25, 0.3) is 0 Å². The van der Waals surface area contributed by atoms with Gasteiger partial charge in [0.2, 0.25) is 5.91 Å². The van der Waals surface area contributed by atoms with Gasteiger partial charge >= 0.3 is 0 Å². The zero-order valence-corrected chi connectivity index (χ0v) is 21.8. The lowest BCUT2D eigenvalue weighted by Crippen LogP contribution is -2.42. The van der Waals surface area contributed by atoms with Crippen LogP contribution < -0.4 is 9.62 Å². The van der Waals surface area contributed by atoms with Crippen LogP contribution in [-0.4, -0.2) is 20.9 Å². The normalized spacial score (nSPS) is 11.3. The van der Waals surface area contributed by atoms with E-state index >= 15 is 0 Å². The van der Waals surface area contributed by atoms with Gasteiger partial charge in [-0.15, -0.1) is 0 Å². The Morgan fingerprint density at radius 3 is 1.81 bits per heavy atom. The third-order valence-corrected chi connectivity index (χ3v) is 7.83. The number of carbonyl (C=O) groups is 1. The van der Waals surface area contributed by atoms with E-state index in [0.29, 0.717) is 0 Å². The van der Waals surface area contributed by atoms with Gasteiger partial charge < -0.3 is 5.32 Å². The molecule has 0 aliphatic rings. The van der Waals surface area contributed by atoms with Crippen molar-refractivity contribution in [3.63, 3.8) is 0 Å². The van der Waals surface area contributed by atoms with Crippen LogP contribution in [0, 0.1) is 6.92 Å². The molecule has 0 aliphatic heterocycles. The number of nitrogens with one attached hydrogen (secondary N) is 1. The van der Waals surface area contributed by atoms with E-state index in [9.17, 15) is 13.2 Å². The molecule has 0 fully saturated rings. The van der Waals surface area contributed by atoms with Crippen molar-refractivity contribution in [1.82, 2.24) is 5.32 Å². The van der Waals surface area contributed by atoms with E-state index in [1.165, 1.54) is 30.3 Å². The van der Waals surface area contributed by atoms with Crippen molar-refractivity contribution < 1.29 is 13.2 Å². The van der Waals surface area contributed by atoms with Gasteiger partial charge in [-0.3, -0.25) is 9.10 Å². The zero-order chi connectivity index (χ0) is 25.7. The molecule has 0 saturated carbocycles. The maximum atomic E-state index is 13.7. The SMILES string of the molecule is Cc1ccc(S(=O)(=O)N(CC(=O)NC(c2ccccc2)c2ccccc2)c2cc(Cl)cc(Cl)c2)cc1. The summed E-state index contributed by atoms with van der Waals surface area (Å²) in [6.07, 6.45) is 0. The number of nitrogens with zero attached hydrogens (tertiary/aromatic N) is 1. The van der Waals surface area contributed by atoms with Gasteiger partial charge in [0.15, 0.2) is 0 Å². The quantitative estimate of drug-likeness (QED) is 0.282. The molecule has 0 aliphatic carbocycles. The van der Waals surface area contributed by atoms with Gasteiger partial charge in [0.25, 0.3) is 10.0 Å². The number of rotatable bonds is 8. The average Bonchev–Trinajstić information content (AvgIpc) is 2.86. The highest BCUT2D eigenvalue weighted by molar-refractivity contribution is 7.92. The second-order valence-electron chi connectivity index (χ2n) is 8.27. The molecule has 8 heteroatoms. The van der Waals surface area contributed by atoms with Gasteiger partial charge in [-0.2, -0.15) is 0 Å². The Labute approximate surface area is 221 Å². The number of benzene rings is 4. The van der Waals surface area contributed by atoms with Crippen molar-refractivity contribution in [3.8, 4) is 0 Å². The summed E-state index contributed by atoms with van der Waals surface area (Å²) in [5.41, 5.74) is 2.85. The van der Waals surface area contributed by atoms with Gasteiger partial charge in [-0.05, 0) is 48.4 Å². The monoisotopic (exact) mass is 538 g/mol. The molecule has 0 heterocycles. The molecule has 0 unspecified atom stereocenters. The highest BCUT2D eigenvalue weighted by Gasteiger charge is 2.29. The van der Waals surface area contributed by atoms with Crippen molar-refractivity contribution in [1.29, 1.82) is 0 Å². The summed E-state index contributed by atoms with van der Waals surface area (Å²) >= 11 is 12.4. The molecule has 0 spiro atoms. The number of halogens is 2. The Bertz CT molecular complexity index is 1390. The van der Waals surface area contributed by atoms with Crippen LogP contribution in [0.4, 0.5) is 5.69 Å². The number of hydrogen-bond donors (Lipinski definition) is 1. The number of carbonyl (C=O) groups excluding carboxylic acids is 1. The van der Waals surface area contributed by atoms with Crippen molar-refractivity contribution in [3.05, 3.63) is 130 Å². The maximum absolute atomic E-state index is 13.7. The standard InChI is InChI=1S/C28H24Cl2N2O3S/c1-20-12-14-26(15-13-20)36(34,35)32(25-17-23(29)16-24(30)18-25)19-27(33)31-28(21-8-4-2-5-9-21)22-10-6-3-7-11-22/h2-18,28H,19H2,1H3,(H,31,33). The number of sulfonamides is 1. The Morgan fingerprint density at radius 2 is 1.31 bits per heavy atom. The lowest BCUT2D eigenvalue weighted by atomic mass is 9.99. The first kappa shape index (κ1) is 25.8. The Hall–Kier alpha value is -3.32. The molecular weight excluding hydrogens is 515 g/mol. The smallest absolute Gasteiger partial charge is 0.264 e. The minimum absolute atomic E-state index is 0.0552. The average molecular weight is 539 g/mol. The van der Waals surface area contributed by atoms with Crippen LogP contribution in [0.1, 0.15) is 22.7 Å². The molecule has 4 aromatic carbocycles. The molecule has 36 heavy (non-hydrogen) atoms. The Morgan fingerprint density at radius 1 is 0.806 bits per heavy atom. The summed E-state index contributed by atoms with van der Waals surface area (Å²) < 4.78 is 28.4. The summed E-state index contributed by atoms with van der Waals surface area (Å²) in [5, 5.41) is 3.52. The van der Waals surface area contributed by atoms with Crippen LogP contribution in [-0.2, 0) is 14.8 Å². The van der Waals surface area contributed by atoms with Crippen LogP contribution in [0.2, 0.25) is 10.0 Å². The molecular formula is C28H24Cl2N2O3S. The van der Waals surface area contributed by atoms with Crippen molar-refractivity contribution >= 4 is 44.8 Å². The zero-order valence-electron chi connectivity index (χ0n) is 19.4. The first-order chi connectivity index (χ1) is 17.2. The number of hydrogen-bond acceptors (Lipinski definition) is 3. The summed E-state index contributed by atoms with van der Waals surface area (Å²) in [6.45, 7) is 1.40. The Kier molecular flexibility index (Phi) is 7.99. The number of amides is 1. The third kappa shape index (κ3) is 6.08. The molecule has 184 valence electrons. The summed E-state index contributed by atoms with van der Waals surface area (Å²) in [5.74, 6) is -0.487. The van der Waals surface area contributed by atoms with Gasteiger partial charge in [0, 0.05) is 10.0 Å². The van der Waals surface area contributed by atoms with Crippen LogP contribution in [0.3, 0.4) is 0 Å². The van der Waals surface area contributed by atoms with E-state index in [1.807, 2.05) is 67.6 Å². The van der Waals surface area contributed by atoms with Gasteiger partial charge in [-0.1, -0.05) is 102 Å². The second-order valence-corrected chi connectivity index (χ2v) is 11.0. The van der Waals surface area contributed by atoms with E-state index in [-0.39, 0.29) is 20.6 Å². The van der Waals surface area contributed by atoms with Gasteiger partial charge in [0.1, 0.15) is 6.54 Å². The van der Waals surface area contributed by atoms with Crippen LogP contribution in [0.5, 0.6) is 0 Å². The minimum Gasteiger partial charge on any atom is -0.344 e. The molecule has 0 radical (unpaired) electrons. The molecule has 0 aromatic heterocycles. The molecule has 4 aromatic rings. The largest absolute Gasteiger partial charge is 0.344 e. The fraction of sp³-hybridized carbons (Fsp3) is 0.107. The van der Waals surface area contributed by atoms with E-state index < -0.39 is 28.5 Å². The van der Waals surface area contributed by atoms with E-state index in [4.69, 9.17) is 23.2 Å². The molecule has 1 amide bonds. The molecule has 0 saturated heterocycles. The predicted molar refractivity (Wildman–Crippen MR) is 145 cm³/mol. The summed E-state index contributed by atoms with van der Waals surface area (Å²) in [4.78, 5) is 13.5. The lowest BCUT2D eigenvalue weighted by Gasteiger charge is -2.26. The molecule has 0 atom stereocenters. The number of anilines is 1. The van der Waals surface area contributed by atoms with Gasteiger partial charge in [-0.25, -0.2) is 8.42 Å². The van der Waals surface area contributed by atoms with Crippen molar-refractivity contribution in [2.45, 2.75) is 17.9 Å². The van der Waals surface area contributed by atoms with Crippen molar-refractivity contribution in [2.75, 3.05) is 10.8 Å². The topological polar surface area (TPSA) is 66.5 Å².